The van der Waals surface area contributed by atoms with Crippen molar-refractivity contribution in [2.75, 3.05) is 26.2 Å². The third kappa shape index (κ3) is 3.57. The van der Waals surface area contributed by atoms with Gasteiger partial charge in [-0.05, 0) is 32.1 Å². The summed E-state index contributed by atoms with van der Waals surface area (Å²) in [6, 6.07) is 0.231. The van der Waals surface area contributed by atoms with Gasteiger partial charge in [0.2, 0.25) is 6.41 Å². The molecule has 8 nitrogen and oxygen atoms in total. The highest BCUT2D eigenvalue weighted by Crippen LogP contribution is 2.24. The van der Waals surface area contributed by atoms with Crippen molar-refractivity contribution in [2.24, 2.45) is 0 Å². The fraction of sp³-hybridized carbons (Fsp3) is 0.684. The summed E-state index contributed by atoms with van der Waals surface area (Å²) in [4.78, 5) is 44.7. The molecule has 0 atom stereocenters. The predicted molar refractivity (Wildman–Crippen MR) is 98.4 cm³/mol. The van der Waals surface area contributed by atoms with E-state index in [9.17, 15) is 14.4 Å². The van der Waals surface area contributed by atoms with Gasteiger partial charge < -0.3 is 19.7 Å². The van der Waals surface area contributed by atoms with Crippen LogP contribution in [-0.2, 0) is 17.8 Å². The largest absolute Gasteiger partial charge is 0.348 e. The Morgan fingerprint density at radius 1 is 1.00 bits per heavy atom. The van der Waals surface area contributed by atoms with Crippen molar-refractivity contribution in [2.45, 2.75) is 57.5 Å². The van der Waals surface area contributed by atoms with E-state index in [2.05, 4.69) is 10.3 Å². The fourth-order valence-electron chi connectivity index (χ4n) is 4.38. The lowest BCUT2D eigenvalue weighted by atomic mass is 10.1. The van der Waals surface area contributed by atoms with Crippen LogP contribution in [0.2, 0.25) is 0 Å². The van der Waals surface area contributed by atoms with Crippen molar-refractivity contribution >= 4 is 18.2 Å². The van der Waals surface area contributed by atoms with E-state index in [0.717, 1.165) is 63.6 Å². The van der Waals surface area contributed by atoms with Crippen molar-refractivity contribution in [3.8, 4) is 0 Å². The summed E-state index contributed by atoms with van der Waals surface area (Å²) in [5, 5.41) is 3.11. The highest BCUT2D eigenvalue weighted by molar-refractivity contribution is 5.97. The zero-order chi connectivity index (χ0) is 18.8. The number of imidazole rings is 1. The van der Waals surface area contributed by atoms with Gasteiger partial charge in [0.05, 0.1) is 5.69 Å². The number of nitrogens with one attached hydrogen (secondary N) is 1. The van der Waals surface area contributed by atoms with Crippen LogP contribution in [0.15, 0.2) is 0 Å². The van der Waals surface area contributed by atoms with Crippen LogP contribution in [0.5, 0.6) is 0 Å². The maximum Gasteiger partial charge on any atom is 0.290 e. The van der Waals surface area contributed by atoms with Crippen molar-refractivity contribution in [3.63, 3.8) is 0 Å². The van der Waals surface area contributed by atoms with Crippen LogP contribution in [-0.4, -0.2) is 69.8 Å². The monoisotopic (exact) mass is 373 g/mol. The van der Waals surface area contributed by atoms with E-state index >= 15 is 0 Å². The lowest BCUT2D eigenvalue weighted by Gasteiger charge is -2.32. The van der Waals surface area contributed by atoms with Crippen LogP contribution < -0.4 is 5.32 Å². The molecule has 0 spiro atoms. The number of aromatic nitrogens is 2. The molecule has 1 aromatic rings. The first kappa shape index (κ1) is 18.0. The second-order valence-corrected chi connectivity index (χ2v) is 7.73. The van der Waals surface area contributed by atoms with Gasteiger partial charge in [0.1, 0.15) is 5.69 Å². The third-order valence-electron chi connectivity index (χ3n) is 5.97. The minimum Gasteiger partial charge on any atom is -0.348 e. The number of rotatable bonds is 4. The van der Waals surface area contributed by atoms with Gasteiger partial charge in [-0.1, -0.05) is 12.8 Å². The van der Waals surface area contributed by atoms with E-state index < -0.39 is 0 Å². The Morgan fingerprint density at radius 3 is 2.44 bits per heavy atom. The van der Waals surface area contributed by atoms with Gasteiger partial charge in [-0.3, -0.25) is 14.4 Å². The molecule has 3 heterocycles. The lowest BCUT2D eigenvalue weighted by Crippen LogP contribution is -2.48. The number of amides is 3. The van der Waals surface area contributed by atoms with Gasteiger partial charge in [-0.15, -0.1) is 0 Å². The van der Waals surface area contributed by atoms with Crippen molar-refractivity contribution in [3.05, 3.63) is 17.2 Å². The molecule has 4 rings (SSSR count). The second-order valence-electron chi connectivity index (χ2n) is 7.73. The number of piperazine rings is 1. The molecule has 1 aromatic heterocycles. The van der Waals surface area contributed by atoms with Crippen LogP contribution in [0.4, 0.5) is 0 Å². The predicted octanol–water partition coefficient (Wildman–Crippen LogP) is 0.806. The molecule has 146 valence electrons. The average molecular weight is 373 g/mol. The van der Waals surface area contributed by atoms with E-state index in [1.165, 1.54) is 0 Å². The number of hydrogen-bond acceptors (Lipinski definition) is 4. The van der Waals surface area contributed by atoms with Crippen molar-refractivity contribution < 1.29 is 14.4 Å². The quantitative estimate of drug-likeness (QED) is 0.791. The molecule has 0 radical (unpaired) electrons. The molecule has 1 saturated heterocycles. The molecular weight excluding hydrogens is 346 g/mol. The van der Waals surface area contributed by atoms with Crippen molar-refractivity contribution in [1.82, 2.24) is 24.7 Å². The molecule has 3 amide bonds. The van der Waals surface area contributed by atoms with Gasteiger partial charge in [0.25, 0.3) is 11.8 Å². The van der Waals surface area contributed by atoms with Crippen LogP contribution in [0.3, 0.4) is 0 Å². The zero-order valence-corrected chi connectivity index (χ0v) is 15.7. The molecule has 1 saturated carbocycles. The topological polar surface area (TPSA) is 87.5 Å². The van der Waals surface area contributed by atoms with Crippen LogP contribution in [0, 0.1) is 0 Å². The summed E-state index contributed by atoms with van der Waals surface area (Å²) < 4.78 is 1.95. The maximum atomic E-state index is 13.1. The second kappa shape index (κ2) is 7.70. The Balaban J connectivity index is 1.55. The lowest BCUT2D eigenvalue weighted by molar-refractivity contribution is -0.119. The smallest absolute Gasteiger partial charge is 0.290 e. The number of carbonyl (C=O) groups excluding carboxylic acids is 3. The summed E-state index contributed by atoms with van der Waals surface area (Å²) in [6.07, 6.45) is 7.97. The highest BCUT2D eigenvalue weighted by Gasteiger charge is 2.31. The summed E-state index contributed by atoms with van der Waals surface area (Å²) in [6.45, 7) is 2.82. The molecule has 0 aromatic carbocycles. The van der Waals surface area contributed by atoms with Gasteiger partial charge >= 0.3 is 0 Å². The summed E-state index contributed by atoms with van der Waals surface area (Å²) in [5.74, 6) is 0.0989. The third-order valence-corrected chi connectivity index (χ3v) is 5.97. The Hall–Kier alpha value is -2.38. The van der Waals surface area contributed by atoms with Gasteiger partial charge in [0, 0.05) is 38.8 Å². The van der Waals surface area contributed by atoms with E-state index in [1.54, 1.807) is 9.80 Å². The minimum absolute atomic E-state index is 0.136. The van der Waals surface area contributed by atoms with Gasteiger partial charge in [-0.25, -0.2) is 4.98 Å². The Bertz CT molecular complexity index is 730. The Kier molecular flexibility index (Phi) is 5.13. The van der Waals surface area contributed by atoms with Crippen molar-refractivity contribution in [1.29, 1.82) is 0 Å². The summed E-state index contributed by atoms with van der Waals surface area (Å²) >= 11 is 0. The van der Waals surface area contributed by atoms with E-state index in [0.29, 0.717) is 37.7 Å². The normalized spacial score (nSPS) is 20.4. The number of hydrogen-bond donors (Lipinski definition) is 1. The first-order valence-corrected chi connectivity index (χ1v) is 10.1. The molecule has 2 aliphatic heterocycles. The fourth-order valence-corrected chi connectivity index (χ4v) is 4.38. The number of fused-ring (bicyclic) bond motifs is 1. The maximum absolute atomic E-state index is 13.1. The molecule has 0 bridgehead atoms. The number of nitrogens with zero attached hydrogens (tertiary/aromatic N) is 4. The SMILES string of the molecule is O=CN1CCN(C(=O)c2nc(C(=O)NC3CCCC3)c3n2CCCC3)CC1. The van der Waals surface area contributed by atoms with Gasteiger partial charge in [-0.2, -0.15) is 0 Å². The van der Waals surface area contributed by atoms with Crippen LogP contribution in [0.1, 0.15) is 65.3 Å². The minimum atomic E-state index is -0.141. The Morgan fingerprint density at radius 2 is 1.74 bits per heavy atom. The molecule has 27 heavy (non-hydrogen) atoms. The summed E-state index contributed by atoms with van der Waals surface area (Å²) in [7, 11) is 0. The molecule has 3 aliphatic rings. The molecule has 0 unspecified atom stereocenters. The van der Waals surface area contributed by atoms with E-state index in [1.807, 2.05) is 4.57 Å². The van der Waals surface area contributed by atoms with Crippen LogP contribution >= 0.6 is 0 Å². The molecule has 1 N–H and O–H groups in total. The standard InChI is InChI=1S/C19H27N5O3/c25-13-22-9-11-23(12-10-22)19(27)17-21-16(15-7-3-4-8-24(15)17)18(26)20-14-5-1-2-6-14/h13-14H,1-12H2,(H,20,26). The first-order valence-electron chi connectivity index (χ1n) is 10.1. The summed E-state index contributed by atoms with van der Waals surface area (Å²) in [5.41, 5.74) is 1.32. The zero-order valence-electron chi connectivity index (χ0n) is 15.7. The molecular formula is C19H27N5O3. The molecule has 2 fully saturated rings. The number of carbonyl (C=O) groups is 3. The average Bonchev–Trinajstić information content (AvgIpc) is 3.35. The Labute approximate surface area is 158 Å². The van der Waals surface area contributed by atoms with E-state index in [4.69, 9.17) is 0 Å². The van der Waals surface area contributed by atoms with Crippen LogP contribution in [0.25, 0.3) is 0 Å². The van der Waals surface area contributed by atoms with Gasteiger partial charge in [0.15, 0.2) is 5.82 Å². The van der Waals surface area contributed by atoms with E-state index in [-0.39, 0.29) is 17.9 Å². The highest BCUT2D eigenvalue weighted by atomic mass is 16.2. The molecule has 8 heteroatoms. The first-order chi connectivity index (χ1) is 13.2. The molecule has 1 aliphatic carbocycles.